The zero-order chi connectivity index (χ0) is 17.6. The molecule has 0 spiro atoms. The molecular weight excluding hydrogens is 439 g/mol. The number of aryl methyl sites for hydroxylation is 1. The number of nitrogens with zero attached hydrogens (tertiary/aromatic N) is 2. The van der Waals surface area contributed by atoms with Gasteiger partial charge in [-0.3, -0.25) is 4.99 Å². The zero-order valence-electron chi connectivity index (χ0n) is 16.0. The van der Waals surface area contributed by atoms with Crippen molar-refractivity contribution in [3.63, 3.8) is 0 Å². The number of fused-ring (bicyclic) bond motifs is 1. The number of para-hydroxylation sites is 1. The number of aromatic amines is 1. The van der Waals surface area contributed by atoms with E-state index in [1.807, 2.05) is 7.05 Å². The van der Waals surface area contributed by atoms with Crippen molar-refractivity contribution in [3.05, 3.63) is 35.5 Å². The molecule has 1 fully saturated rings. The number of methoxy groups -OCH3 is 1. The van der Waals surface area contributed by atoms with Gasteiger partial charge in [-0.2, -0.15) is 0 Å². The molecule has 1 aromatic heterocycles. The standard InChI is InChI=1S/C20H30N4O.HI/c1-4-16-6-5-7-18-17(12-23-19(16)18)8-10-22-20(21-2)24-11-9-15(13-24)14-25-3;/h5-7,12,15,23H,4,8-11,13-14H2,1-3H3,(H,21,22);1H. The Morgan fingerprint density at radius 3 is 2.96 bits per heavy atom. The highest BCUT2D eigenvalue weighted by molar-refractivity contribution is 14.0. The molecular formula is C20H31IN4O. The molecule has 3 rings (SSSR count). The minimum atomic E-state index is 0. The van der Waals surface area contributed by atoms with E-state index in [0.717, 1.165) is 45.0 Å². The Hall–Kier alpha value is -1.28. The third-order valence-electron chi connectivity index (χ3n) is 5.15. The van der Waals surface area contributed by atoms with Gasteiger partial charge in [0, 0.05) is 56.8 Å². The van der Waals surface area contributed by atoms with Crippen LogP contribution >= 0.6 is 24.0 Å². The second-order valence-electron chi connectivity index (χ2n) is 6.79. The van der Waals surface area contributed by atoms with Gasteiger partial charge in [-0.15, -0.1) is 24.0 Å². The summed E-state index contributed by atoms with van der Waals surface area (Å²) in [6.45, 7) is 6.01. The summed E-state index contributed by atoms with van der Waals surface area (Å²) >= 11 is 0. The molecule has 6 heteroatoms. The monoisotopic (exact) mass is 470 g/mol. The first-order chi connectivity index (χ1) is 12.3. The summed E-state index contributed by atoms with van der Waals surface area (Å²) < 4.78 is 5.29. The molecule has 5 nitrogen and oxygen atoms in total. The third kappa shape index (κ3) is 4.71. The van der Waals surface area contributed by atoms with Crippen LogP contribution in [-0.2, 0) is 17.6 Å². The Kier molecular flexibility index (Phi) is 8.21. The molecule has 2 N–H and O–H groups in total. The molecule has 0 bridgehead atoms. The fraction of sp³-hybridized carbons (Fsp3) is 0.550. The van der Waals surface area contributed by atoms with E-state index < -0.39 is 0 Å². The Morgan fingerprint density at radius 1 is 1.38 bits per heavy atom. The molecule has 1 unspecified atom stereocenters. The third-order valence-corrected chi connectivity index (χ3v) is 5.15. The van der Waals surface area contributed by atoms with Crippen LogP contribution in [0.2, 0.25) is 0 Å². The molecule has 144 valence electrons. The van der Waals surface area contributed by atoms with E-state index in [4.69, 9.17) is 4.74 Å². The highest BCUT2D eigenvalue weighted by Crippen LogP contribution is 2.22. The van der Waals surface area contributed by atoms with Gasteiger partial charge in [-0.25, -0.2) is 0 Å². The largest absolute Gasteiger partial charge is 0.384 e. The topological polar surface area (TPSA) is 52.6 Å². The average Bonchev–Trinajstić information content (AvgIpc) is 3.26. The van der Waals surface area contributed by atoms with Crippen molar-refractivity contribution in [2.45, 2.75) is 26.2 Å². The number of likely N-dealkylation sites (tertiary alicyclic amines) is 1. The van der Waals surface area contributed by atoms with Crippen LogP contribution < -0.4 is 5.32 Å². The highest BCUT2D eigenvalue weighted by Gasteiger charge is 2.24. The summed E-state index contributed by atoms with van der Waals surface area (Å²) in [5.41, 5.74) is 4.03. The number of halogens is 1. The van der Waals surface area contributed by atoms with Crippen molar-refractivity contribution in [3.8, 4) is 0 Å². The van der Waals surface area contributed by atoms with Gasteiger partial charge in [-0.1, -0.05) is 25.1 Å². The van der Waals surface area contributed by atoms with E-state index in [0.29, 0.717) is 5.92 Å². The van der Waals surface area contributed by atoms with Gasteiger partial charge in [0.05, 0.1) is 6.61 Å². The lowest BCUT2D eigenvalue weighted by molar-refractivity contribution is 0.157. The number of hydrogen-bond acceptors (Lipinski definition) is 2. The van der Waals surface area contributed by atoms with Crippen LogP contribution in [0.1, 0.15) is 24.5 Å². The Morgan fingerprint density at radius 2 is 2.23 bits per heavy atom. The van der Waals surface area contributed by atoms with Crippen molar-refractivity contribution in [1.82, 2.24) is 15.2 Å². The van der Waals surface area contributed by atoms with Gasteiger partial charge in [0.25, 0.3) is 0 Å². The van der Waals surface area contributed by atoms with Gasteiger partial charge in [0.2, 0.25) is 0 Å². The van der Waals surface area contributed by atoms with Crippen LogP contribution in [0.25, 0.3) is 10.9 Å². The van der Waals surface area contributed by atoms with Gasteiger partial charge >= 0.3 is 0 Å². The number of hydrogen-bond donors (Lipinski definition) is 2. The molecule has 1 saturated heterocycles. The van der Waals surface area contributed by atoms with Gasteiger partial charge in [0.15, 0.2) is 5.96 Å². The fourth-order valence-corrected chi connectivity index (χ4v) is 3.81. The molecule has 1 aliphatic heterocycles. The van der Waals surface area contributed by atoms with Crippen molar-refractivity contribution in [2.75, 3.05) is 40.4 Å². The molecule has 2 heterocycles. The van der Waals surface area contributed by atoms with Crippen molar-refractivity contribution in [2.24, 2.45) is 10.9 Å². The number of aromatic nitrogens is 1. The van der Waals surface area contributed by atoms with Crippen LogP contribution in [0.3, 0.4) is 0 Å². The zero-order valence-corrected chi connectivity index (χ0v) is 18.4. The molecule has 0 radical (unpaired) electrons. The number of H-pyrrole nitrogens is 1. The molecule has 1 aromatic carbocycles. The van der Waals surface area contributed by atoms with E-state index in [-0.39, 0.29) is 24.0 Å². The lowest BCUT2D eigenvalue weighted by Crippen LogP contribution is -2.41. The highest BCUT2D eigenvalue weighted by atomic mass is 127. The number of guanidine groups is 1. The second-order valence-corrected chi connectivity index (χ2v) is 6.79. The van der Waals surface area contributed by atoms with Crippen molar-refractivity contribution >= 4 is 40.8 Å². The summed E-state index contributed by atoms with van der Waals surface area (Å²) in [6, 6.07) is 6.57. The summed E-state index contributed by atoms with van der Waals surface area (Å²) in [4.78, 5) is 10.2. The molecule has 0 aliphatic carbocycles. The quantitative estimate of drug-likeness (QED) is 0.387. The lowest BCUT2D eigenvalue weighted by Gasteiger charge is -2.21. The Labute approximate surface area is 173 Å². The van der Waals surface area contributed by atoms with Crippen molar-refractivity contribution < 1.29 is 4.74 Å². The number of rotatable bonds is 6. The maximum absolute atomic E-state index is 5.29. The second kappa shape index (κ2) is 10.2. The smallest absolute Gasteiger partial charge is 0.193 e. The van der Waals surface area contributed by atoms with Crippen LogP contribution in [0, 0.1) is 5.92 Å². The normalized spacial score (nSPS) is 17.6. The number of benzene rings is 1. The number of nitrogens with one attached hydrogen (secondary N) is 2. The average molecular weight is 470 g/mol. The molecule has 0 amide bonds. The summed E-state index contributed by atoms with van der Waals surface area (Å²) in [5.74, 6) is 1.62. The minimum Gasteiger partial charge on any atom is -0.384 e. The Balaban J connectivity index is 0.00000243. The predicted octanol–water partition coefficient (Wildman–Crippen LogP) is 3.43. The van der Waals surface area contributed by atoms with Gasteiger partial charge < -0.3 is 19.9 Å². The molecule has 1 aliphatic rings. The Bertz CT molecular complexity index is 728. The van der Waals surface area contributed by atoms with E-state index in [1.165, 1.54) is 28.5 Å². The fourth-order valence-electron chi connectivity index (χ4n) is 3.81. The first kappa shape index (κ1) is 21.0. The van der Waals surface area contributed by atoms with Gasteiger partial charge in [-0.05, 0) is 30.4 Å². The SMILES string of the molecule is CCc1cccc2c(CCNC(=NC)N3CCC(COC)C3)c[nH]c12.I. The molecule has 1 atom stereocenters. The summed E-state index contributed by atoms with van der Waals surface area (Å²) in [6.07, 6.45) is 5.37. The maximum Gasteiger partial charge on any atom is 0.193 e. The van der Waals surface area contributed by atoms with Crippen LogP contribution in [0.5, 0.6) is 0 Å². The van der Waals surface area contributed by atoms with Gasteiger partial charge in [0.1, 0.15) is 0 Å². The van der Waals surface area contributed by atoms with E-state index in [1.54, 1.807) is 7.11 Å². The molecule has 2 aromatic rings. The number of aliphatic imine (C=N–C) groups is 1. The first-order valence-electron chi connectivity index (χ1n) is 9.29. The number of ether oxygens (including phenoxy) is 1. The predicted molar refractivity (Wildman–Crippen MR) is 120 cm³/mol. The van der Waals surface area contributed by atoms with E-state index in [2.05, 4.69) is 51.5 Å². The first-order valence-corrected chi connectivity index (χ1v) is 9.29. The minimum absolute atomic E-state index is 0. The van der Waals surface area contributed by atoms with Crippen molar-refractivity contribution in [1.29, 1.82) is 0 Å². The molecule has 0 saturated carbocycles. The van der Waals surface area contributed by atoms with Crippen LogP contribution in [0.15, 0.2) is 29.4 Å². The lowest BCUT2D eigenvalue weighted by atomic mass is 10.1. The summed E-state index contributed by atoms with van der Waals surface area (Å²) in [7, 11) is 3.64. The van der Waals surface area contributed by atoms with Crippen LogP contribution in [0.4, 0.5) is 0 Å². The maximum atomic E-state index is 5.29. The van der Waals surface area contributed by atoms with E-state index >= 15 is 0 Å². The van der Waals surface area contributed by atoms with E-state index in [9.17, 15) is 0 Å². The van der Waals surface area contributed by atoms with Crippen LogP contribution in [-0.4, -0.2) is 56.2 Å². The summed E-state index contributed by atoms with van der Waals surface area (Å²) in [5, 5.41) is 4.87. The molecule has 26 heavy (non-hydrogen) atoms.